The van der Waals surface area contributed by atoms with Crippen LogP contribution in [0.15, 0.2) is 18.2 Å². The summed E-state index contributed by atoms with van der Waals surface area (Å²) >= 11 is 0. The van der Waals surface area contributed by atoms with E-state index in [9.17, 15) is 4.79 Å². The molecule has 0 atom stereocenters. The van der Waals surface area contributed by atoms with Gasteiger partial charge in [0.1, 0.15) is 0 Å². The molecule has 0 saturated carbocycles. The number of benzene rings is 1. The largest absolute Gasteiger partial charge is 0.398 e. The van der Waals surface area contributed by atoms with Crippen LogP contribution in [0.5, 0.6) is 0 Å². The first-order valence-electron chi connectivity index (χ1n) is 5.34. The number of anilines is 1. The Labute approximate surface area is 89.9 Å². The summed E-state index contributed by atoms with van der Waals surface area (Å²) in [6.07, 6.45) is 2.22. The molecule has 3 heteroatoms. The summed E-state index contributed by atoms with van der Waals surface area (Å²) in [5.74, 6) is 0.0741. The lowest BCUT2D eigenvalue weighted by Gasteiger charge is -2.16. The molecule has 0 aliphatic carbocycles. The number of hydrogen-bond donors (Lipinski definition) is 1. The number of carbonyl (C=O) groups is 1. The summed E-state index contributed by atoms with van der Waals surface area (Å²) in [6, 6.07) is 5.61. The maximum Gasteiger partial charge on any atom is 0.255 e. The number of nitrogen functional groups attached to an aromatic ring is 1. The monoisotopic (exact) mass is 204 g/mol. The summed E-state index contributed by atoms with van der Waals surface area (Å²) in [6.45, 7) is 3.71. The molecular weight excluding hydrogens is 188 g/mol. The minimum Gasteiger partial charge on any atom is -0.398 e. The van der Waals surface area contributed by atoms with Crippen molar-refractivity contribution in [3.05, 3.63) is 29.3 Å². The van der Waals surface area contributed by atoms with E-state index in [1.165, 1.54) is 0 Å². The molecule has 0 bridgehead atoms. The van der Waals surface area contributed by atoms with Gasteiger partial charge in [0.25, 0.3) is 5.91 Å². The van der Waals surface area contributed by atoms with E-state index < -0.39 is 0 Å². The van der Waals surface area contributed by atoms with E-state index >= 15 is 0 Å². The van der Waals surface area contributed by atoms with Crippen LogP contribution in [0.3, 0.4) is 0 Å². The van der Waals surface area contributed by atoms with Crippen LogP contribution in [0.4, 0.5) is 5.69 Å². The standard InChI is InChI=1S/C12H16N2O/c1-9-4-5-10(11(13)8-9)12(15)14-6-2-3-7-14/h4-5,8H,2-3,6-7,13H2,1H3. The summed E-state index contributed by atoms with van der Waals surface area (Å²) < 4.78 is 0. The zero-order chi connectivity index (χ0) is 10.8. The van der Waals surface area contributed by atoms with E-state index in [-0.39, 0.29) is 5.91 Å². The Bertz CT molecular complexity index is 381. The average Bonchev–Trinajstić information content (AvgIpc) is 2.69. The zero-order valence-corrected chi connectivity index (χ0v) is 8.99. The fraction of sp³-hybridized carbons (Fsp3) is 0.417. The molecule has 1 aliphatic rings. The molecule has 0 unspecified atom stereocenters. The van der Waals surface area contributed by atoms with Gasteiger partial charge in [0, 0.05) is 18.8 Å². The highest BCUT2D eigenvalue weighted by Gasteiger charge is 2.20. The summed E-state index contributed by atoms with van der Waals surface area (Å²) in [7, 11) is 0. The van der Waals surface area contributed by atoms with Gasteiger partial charge in [-0.05, 0) is 37.5 Å². The van der Waals surface area contributed by atoms with Crippen LogP contribution >= 0.6 is 0 Å². The van der Waals surface area contributed by atoms with Crippen LogP contribution in [0.2, 0.25) is 0 Å². The van der Waals surface area contributed by atoms with Gasteiger partial charge in [0.2, 0.25) is 0 Å². The number of hydrogen-bond acceptors (Lipinski definition) is 2. The Hall–Kier alpha value is -1.51. The first kappa shape index (κ1) is 10.0. The second-order valence-electron chi connectivity index (χ2n) is 4.09. The highest BCUT2D eigenvalue weighted by atomic mass is 16.2. The van der Waals surface area contributed by atoms with Gasteiger partial charge in [0.05, 0.1) is 5.56 Å². The van der Waals surface area contributed by atoms with Gasteiger partial charge in [-0.1, -0.05) is 6.07 Å². The second-order valence-corrected chi connectivity index (χ2v) is 4.09. The summed E-state index contributed by atoms with van der Waals surface area (Å²) in [4.78, 5) is 13.9. The topological polar surface area (TPSA) is 46.3 Å². The number of nitrogens with two attached hydrogens (primary N) is 1. The second kappa shape index (κ2) is 3.93. The molecule has 1 aromatic rings. The predicted molar refractivity (Wildman–Crippen MR) is 60.7 cm³/mol. The molecule has 0 aromatic heterocycles. The van der Waals surface area contributed by atoms with Crippen LogP contribution in [0.25, 0.3) is 0 Å². The van der Waals surface area contributed by atoms with Crippen LogP contribution in [-0.2, 0) is 0 Å². The van der Waals surface area contributed by atoms with E-state index in [2.05, 4.69) is 0 Å². The van der Waals surface area contributed by atoms with Gasteiger partial charge in [-0.15, -0.1) is 0 Å². The van der Waals surface area contributed by atoms with Crippen molar-refractivity contribution in [2.45, 2.75) is 19.8 Å². The van der Waals surface area contributed by atoms with Gasteiger partial charge in [-0.3, -0.25) is 4.79 Å². The van der Waals surface area contributed by atoms with Crippen LogP contribution < -0.4 is 5.73 Å². The Kier molecular flexibility index (Phi) is 2.62. The molecule has 1 saturated heterocycles. The number of carbonyl (C=O) groups excluding carboxylic acids is 1. The Morgan fingerprint density at radius 1 is 1.33 bits per heavy atom. The molecule has 0 spiro atoms. The molecule has 1 aliphatic heterocycles. The maximum absolute atomic E-state index is 12.0. The molecule has 0 radical (unpaired) electrons. The number of amides is 1. The van der Waals surface area contributed by atoms with Gasteiger partial charge >= 0.3 is 0 Å². The van der Waals surface area contributed by atoms with Crippen LogP contribution in [0, 0.1) is 6.92 Å². The highest BCUT2D eigenvalue weighted by molar-refractivity contribution is 5.99. The normalized spacial score (nSPS) is 15.7. The van der Waals surface area contributed by atoms with Crippen molar-refractivity contribution in [3.63, 3.8) is 0 Å². The molecule has 3 nitrogen and oxygen atoms in total. The molecule has 2 rings (SSSR count). The molecule has 1 heterocycles. The zero-order valence-electron chi connectivity index (χ0n) is 8.99. The van der Waals surface area contributed by atoms with Crippen molar-refractivity contribution in [1.82, 2.24) is 4.90 Å². The molecule has 2 N–H and O–H groups in total. The Morgan fingerprint density at radius 3 is 2.60 bits per heavy atom. The van der Waals surface area contributed by atoms with Gasteiger partial charge in [0.15, 0.2) is 0 Å². The van der Waals surface area contributed by atoms with Gasteiger partial charge in [-0.2, -0.15) is 0 Å². The molecule has 15 heavy (non-hydrogen) atoms. The summed E-state index contributed by atoms with van der Waals surface area (Å²) in [5.41, 5.74) is 8.16. The van der Waals surface area contributed by atoms with Crippen LogP contribution in [-0.4, -0.2) is 23.9 Å². The van der Waals surface area contributed by atoms with Crippen molar-refractivity contribution in [3.8, 4) is 0 Å². The minimum atomic E-state index is 0.0741. The quantitative estimate of drug-likeness (QED) is 0.709. The number of rotatable bonds is 1. The van der Waals surface area contributed by atoms with E-state index in [0.717, 1.165) is 31.5 Å². The van der Waals surface area contributed by atoms with E-state index in [1.807, 2.05) is 30.0 Å². The molecule has 80 valence electrons. The minimum absolute atomic E-state index is 0.0741. The summed E-state index contributed by atoms with van der Waals surface area (Å²) in [5, 5.41) is 0. The van der Waals surface area contributed by atoms with Crippen molar-refractivity contribution in [1.29, 1.82) is 0 Å². The van der Waals surface area contributed by atoms with E-state index in [1.54, 1.807) is 0 Å². The molecule has 1 fully saturated rings. The lowest BCUT2D eigenvalue weighted by molar-refractivity contribution is 0.0794. The van der Waals surface area contributed by atoms with Crippen LogP contribution in [0.1, 0.15) is 28.8 Å². The number of likely N-dealkylation sites (tertiary alicyclic amines) is 1. The highest BCUT2D eigenvalue weighted by Crippen LogP contribution is 2.18. The number of aryl methyl sites for hydroxylation is 1. The van der Waals surface area contributed by atoms with Gasteiger partial charge < -0.3 is 10.6 Å². The van der Waals surface area contributed by atoms with Crippen molar-refractivity contribution < 1.29 is 4.79 Å². The third-order valence-corrected chi connectivity index (χ3v) is 2.83. The first-order chi connectivity index (χ1) is 7.18. The van der Waals surface area contributed by atoms with Gasteiger partial charge in [-0.25, -0.2) is 0 Å². The fourth-order valence-electron chi connectivity index (χ4n) is 1.97. The third-order valence-electron chi connectivity index (χ3n) is 2.83. The smallest absolute Gasteiger partial charge is 0.255 e. The third kappa shape index (κ3) is 1.96. The lowest BCUT2D eigenvalue weighted by Crippen LogP contribution is -2.28. The van der Waals surface area contributed by atoms with Crippen molar-refractivity contribution in [2.24, 2.45) is 0 Å². The SMILES string of the molecule is Cc1ccc(C(=O)N2CCCC2)c(N)c1. The van der Waals surface area contributed by atoms with Crippen molar-refractivity contribution in [2.75, 3.05) is 18.8 Å². The number of nitrogens with zero attached hydrogens (tertiary/aromatic N) is 1. The van der Waals surface area contributed by atoms with E-state index in [4.69, 9.17) is 5.73 Å². The molecule has 1 aromatic carbocycles. The van der Waals surface area contributed by atoms with E-state index in [0.29, 0.717) is 11.3 Å². The Balaban J connectivity index is 2.24. The maximum atomic E-state index is 12.0. The first-order valence-corrected chi connectivity index (χ1v) is 5.34. The average molecular weight is 204 g/mol. The lowest BCUT2D eigenvalue weighted by atomic mass is 10.1. The van der Waals surface area contributed by atoms with Crippen molar-refractivity contribution >= 4 is 11.6 Å². The Morgan fingerprint density at radius 2 is 2.00 bits per heavy atom. The molecular formula is C12H16N2O. The molecule has 1 amide bonds. The fourth-order valence-corrected chi connectivity index (χ4v) is 1.97. The predicted octanol–water partition coefficient (Wildman–Crippen LogP) is 1.81.